The SMILES string of the molecule is CC1(C)c2cc(-c3ccc4c5c(cccc35)-c3ccccc3-4)ccc2-c2ccc(-c3ccc4c5c(cccc35)-c3ccccc3-4)cc21.CC1(C)c2ccccc2-c2ccc(-c3ccc4ccc5ccc(-c6ccc7c(c6)C(C)(C)c6ccccc6-7)nc5c4n3)cc21. The molecule has 0 saturated heterocycles. The lowest BCUT2D eigenvalue weighted by atomic mass is 9.80. The maximum Gasteiger partial charge on any atom is 0.0972 e. The molecule has 0 aliphatic heterocycles. The lowest BCUT2D eigenvalue weighted by molar-refractivity contribution is 0.660. The van der Waals surface area contributed by atoms with E-state index in [-0.39, 0.29) is 16.2 Å². The smallest absolute Gasteiger partial charge is 0.0972 e. The molecule has 0 spiro atoms. The molecular formula is C89H62N2. The van der Waals surface area contributed by atoms with E-state index in [1.54, 1.807) is 0 Å². The fourth-order valence-corrected chi connectivity index (χ4v) is 17.0. The lowest BCUT2D eigenvalue weighted by Crippen LogP contribution is -2.15. The summed E-state index contributed by atoms with van der Waals surface area (Å²) in [7, 11) is 0. The molecule has 0 saturated carbocycles. The Kier molecular flexibility index (Phi) is 10.7. The Morgan fingerprint density at radius 3 is 0.879 bits per heavy atom. The number of rotatable bonds is 4. The molecule has 0 bridgehead atoms. The van der Waals surface area contributed by atoms with Crippen molar-refractivity contribution in [2.24, 2.45) is 0 Å². The van der Waals surface area contributed by atoms with Crippen molar-refractivity contribution in [3.8, 4) is 123 Å². The number of aromatic nitrogens is 2. The van der Waals surface area contributed by atoms with E-state index in [1.165, 1.54) is 155 Å². The van der Waals surface area contributed by atoms with Crippen LogP contribution >= 0.6 is 0 Å². The van der Waals surface area contributed by atoms with E-state index in [0.29, 0.717) is 0 Å². The van der Waals surface area contributed by atoms with Crippen LogP contribution in [-0.4, -0.2) is 9.97 Å². The van der Waals surface area contributed by atoms with Crippen LogP contribution in [0.15, 0.2) is 267 Å². The highest BCUT2D eigenvalue weighted by Crippen LogP contribution is 2.56. The lowest BCUT2D eigenvalue weighted by Gasteiger charge is -2.23. The Morgan fingerprint density at radius 2 is 0.484 bits per heavy atom. The average molecular weight is 1160 g/mol. The Hall–Kier alpha value is -10.8. The zero-order chi connectivity index (χ0) is 60.8. The van der Waals surface area contributed by atoms with Crippen LogP contribution in [-0.2, 0) is 16.2 Å². The molecule has 0 unspecified atom stereocenters. The zero-order valence-corrected chi connectivity index (χ0v) is 51.8. The molecule has 91 heavy (non-hydrogen) atoms. The molecule has 5 aliphatic rings. The van der Waals surface area contributed by atoms with Crippen LogP contribution in [0.25, 0.3) is 166 Å². The summed E-state index contributed by atoms with van der Waals surface area (Å²) in [5.74, 6) is 0. The first-order chi connectivity index (χ1) is 44.4. The molecule has 0 N–H and O–H groups in total. The van der Waals surface area contributed by atoms with Crippen molar-refractivity contribution in [2.75, 3.05) is 0 Å². The van der Waals surface area contributed by atoms with Crippen molar-refractivity contribution in [3.63, 3.8) is 0 Å². The van der Waals surface area contributed by atoms with Crippen molar-refractivity contribution >= 4 is 43.4 Å². The average Bonchev–Trinajstić information content (AvgIpc) is 1.63. The van der Waals surface area contributed by atoms with Crippen molar-refractivity contribution in [1.29, 1.82) is 0 Å². The summed E-state index contributed by atoms with van der Waals surface area (Å²) in [5, 5.41) is 7.64. The van der Waals surface area contributed by atoms with Gasteiger partial charge in [0, 0.05) is 38.1 Å². The summed E-state index contributed by atoms with van der Waals surface area (Å²) in [4.78, 5) is 10.6. The van der Waals surface area contributed by atoms with Crippen LogP contribution in [0.1, 0.15) is 74.9 Å². The van der Waals surface area contributed by atoms with Crippen LogP contribution < -0.4 is 0 Å². The summed E-state index contributed by atoms with van der Waals surface area (Å²) in [5.41, 5.74) is 38.2. The maximum absolute atomic E-state index is 5.28. The monoisotopic (exact) mass is 1160 g/mol. The first-order valence-corrected chi connectivity index (χ1v) is 32.2. The standard InChI is InChI=1S/C47H30.C42H32N2/c1-47(2)43-25-27(29-21-23-41-33-11-5-3-9-31(33)39-15-7-13-37(29)45(39)41)17-19-35(43)36-20-18-28(26-44(36)47)30-22-24-42-34-12-6-4-10-32(34)40-16-8-14-38(30)46(40)42;1-41(2)33-11-7-5-9-29(33)31-19-15-27(23-35(31)41)37-21-17-25-13-14-26-18-22-38(44-40(26)39(25)43-37)28-16-20-32-30-10-6-8-12-34(30)42(3,4)36(32)24-28/h3-26H,1-2H3;5-24H,1-4H3. The van der Waals surface area contributed by atoms with Gasteiger partial charge in [0.15, 0.2) is 0 Å². The molecule has 2 heterocycles. The number of fused-ring (bicyclic) bond motifs is 18. The number of hydrogen-bond donors (Lipinski definition) is 0. The number of hydrogen-bond acceptors (Lipinski definition) is 2. The molecular weight excluding hydrogens is 1100 g/mol. The predicted octanol–water partition coefficient (Wildman–Crippen LogP) is 23.7. The second kappa shape index (κ2) is 18.6. The third-order valence-corrected chi connectivity index (χ3v) is 21.7. The Morgan fingerprint density at radius 1 is 0.209 bits per heavy atom. The second-order valence-electron chi connectivity index (χ2n) is 27.5. The van der Waals surface area contributed by atoms with Gasteiger partial charge < -0.3 is 0 Å². The Balaban J connectivity index is 0.000000131. The summed E-state index contributed by atoms with van der Waals surface area (Å²) < 4.78 is 0. The maximum atomic E-state index is 5.28. The first kappa shape index (κ1) is 52.2. The van der Waals surface area contributed by atoms with Gasteiger partial charge in [0.1, 0.15) is 0 Å². The van der Waals surface area contributed by atoms with E-state index in [2.05, 4.69) is 308 Å². The van der Waals surface area contributed by atoms with Crippen molar-refractivity contribution in [3.05, 3.63) is 300 Å². The molecule has 2 heteroatoms. The van der Waals surface area contributed by atoms with Crippen LogP contribution in [0.5, 0.6) is 0 Å². The molecule has 2 nitrogen and oxygen atoms in total. The largest absolute Gasteiger partial charge is 0.245 e. The summed E-state index contributed by atoms with van der Waals surface area (Å²) in [6, 6.07) is 99.2. The van der Waals surface area contributed by atoms with Gasteiger partial charge in [-0.05, 0) is 191 Å². The van der Waals surface area contributed by atoms with Crippen molar-refractivity contribution in [1.82, 2.24) is 9.97 Å². The molecule has 0 atom stereocenters. The van der Waals surface area contributed by atoms with E-state index in [4.69, 9.17) is 9.97 Å². The van der Waals surface area contributed by atoms with Gasteiger partial charge in [-0.3, -0.25) is 0 Å². The highest BCUT2D eigenvalue weighted by molar-refractivity contribution is 6.20. The van der Waals surface area contributed by atoms with Gasteiger partial charge >= 0.3 is 0 Å². The third-order valence-electron chi connectivity index (χ3n) is 21.7. The van der Waals surface area contributed by atoms with Crippen LogP contribution in [0, 0.1) is 0 Å². The van der Waals surface area contributed by atoms with E-state index < -0.39 is 0 Å². The molecule has 428 valence electrons. The topological polar surface area (TPSA) is 25.8 Å². The fourth-order valence-electron chi connectivity index (χ4n) is 17.0. The molecule has 0 fully saturated rings. The Bertz CT molecular complexity index is 5340. The van der Waals surface area contributed by atoms with E-state index >= 15 is 0 Å². The predicted molar refractivity (Wildman–Crippen MR) is 382 cm³/mol. The van der Waals surface area contributed by atoms with Gasteiger partial charge in [0.2, 0.25) is 0 Å². The molecule has 20 rings (SSSR count). The molecule has 5 aliphatic carbocycles. The number of nitrogens with zero attached hydrogens (tertiary/aromatic N) is 2. The van der Waals surface area contributed by atoms with Crippen LogP contribution in [0.4, 0.5) is 0 Å². The molecule has 13 aromatic carbocycles. The molecule has 15 aromatic rings. The van der Waals surface area contributed by atoms with E-state index in [0.717, 1.165) is 44.3 Å². The first-order valence-electron chi connectivity index (χ1n) is 32.2. The summed E-state index contributed by atoms with van der Waals surface area (Å²) >= 11 is 0. The number of pyridine rings is 2. The van der Waals surface area contributed by atoms with Crippen molar-refractivity contribution in [2.45, 2.75) is 57.8 Å². The zero-order valence-electron chi connectivity index (χ0n) is 51.8. The summed E-state index contributed by atoms with van der Waals surface area (Å²) in [6.45, 7) is 14.1. The normalized spacial score (nSPS) is 14.5. The minimum absolute atomic E-state index is 0.0479. The van der Waals surface area contributed by atoms with Crippen LogP contribution in [0.3, 0.4) is 0 Å². The quantitative estimate of drug-likeness (QED) is 0.164. The highest BCUT2D eigenvalue weighted by atomic mass is 14.8. The second-order valence-corrected chi connectivity index (χ2v) is 27.5. The fraction of sp³-hybridized carbons (Fsp3) is 0.101. The third kappa shape index (κ3) is 7.30. The Labute approximate surface area is 530 Å². The van der Waals surface area contributed by atoms with Gasteiger partial charge in [0.05, 0.1) is 22.4 Å². The van der Waals surface area contributed by atoms with Gasteiger partial charge in [0.25, 0.3) is 0 Å². The van der Waals surface area contributed by atoms with Crippen LogP contribution in [0.2, 0.25) is 0 Å². The number of benzene rings is 13. The minimum Gasteiger partial charge on any atom is -0.245 e. The van der Waals surface area contributed by atoms with Gasteiger partial charge in [-0.15, -0.1) is 0 Å². The van der Waals surface area contributed by atoms with E-state index in [1.807, 2.05) is 0 Å². The summed E-state index contributed by atoms with van der Waals surface area (Å²) in [6.07, 6.45) is 0. The van der Waals surface area contributed by atoms with E-state index in [9.17, 15) is 0 Å². The van der Waals surface area contributed by atoms with Crippen molar-refractivity contribution < 1.29 is 0 Å². The molecule has 0 radical (unpaired) electrons. The highest BCUT2D eigenvalue weighted by Gasteiger charge is 2.39. The van der Waals surface area contributed by atoms with Gasteiger partial charge in [-0.2, -0.15) is 0 Å². The van der Waals surface area contributed by atoms with Gasteiger partial charge in [-0.25, -0.2) is 9.97 Å². The molecule has 0 amide bonds. The molecule has 2 aromatic heterocycles. The van der Waals surface area contributed by atoms with Gasteiger partial charge in [-0.1, -0.05) is 272 Å². The minimum atomic E-state index is -0.118.